The number of aliphatic hydroxyl groups is 1. The van der Waals surface area contributed by atoms with Gasteiger partial charge in [-0.2, -0.15) is 5.26 Å². The van der Waals surface area contributed by atoms with Crippen molar-refractivity contribution in [3.63, 3.8) is 0 Å². The second kappa shape index (κ2) is 6.29. The number of halogens is 1. The first-order valence-electron chi connectivity index (χ1n) is 6.29. The van der Waals surface area contributed by atoms with Crippen molar-refractivity contribution >= 4 is 0 Å². The zero-order chi connectivity index (χ0) is 14.5. The predicted molar refractivity (Wildman–Crippen MR) is 74.2 cm³/mol. The van der Waals surface area contributed by atoms with Gasteiger partial charge in [0, 0.05) is 6.04 Å². The standard InChI is InChI=1S/C16H15FN2O/c17-14-7-6-12(9-13(14)10-18)16(20)15(19)8-11-4-2-1-3-5-11/h1-7,9,15-16,20H,8,19H2. The van der Waals surface area contributed by atoms with Gasteiger partial charge in [0.1, 0.15) is 11.9 Å². The second-order valence-electron chi connectivity index (χ2n) is 4.65. The summed E-state index contributed by atoms with van der Waals surface area (Å²) in [6.45, 7) is 0. The molecule has 0 fully saturated rings. The number of nitriles is 1. The molecule has 2 aromatic rings. The van der Waals surface area contributed by atoms with Crippen LogP contribution in [0.2, 0.25) is 0 Å². The fraction of sp³-hybridized carbons (Fsp3) is 0.188. The number of nitrogens with zero attached hydrogens (tertiary/aromatic N) is 1. The summed E-state index contributed by atoms with van der Waals surface area (Å²) < 4.78 is 13.2. The molecule has 0 saturated heterocycles. The van der Waals surface area contributed by atoms with E-state index >= 15 is 0 Å². The Balaban J connectivity index is 2.14. The van der Waals surface area contributed by atoms with Gasteiger partial charge in [0.15, 0.2) is 0 Å². The summed E-state index contributed by atoms with van der Waals surface area (Å²) in [5.74, 6) is -0.597. The normalized spacial score (nSPS) is 13.5. The van der Waals surface area contributed by atoms with Gasteiger partial charge in [-0.15, -0.1) is 0 Å². The highest BCUT2D eigenvalue weighted by molar-refractivity contribution is 5.35. The van der Waals surface area contributed by atoms with Gasteiger partial charge in [-0.25, -0.2) is 4.39 Å². The van der Waals surface area contributed by atoms with E-state index in [0.29, 0.717) is 12.0 Å². The summed E-state index contributed by atoms with van der Waals surface area (Å²) in [6.07, 6.45) is -0.440. The Kier molecular flexibility index (Phi) is 4.46. The van der Waals surface area contributed by atoms with E-state index in [2.05, 4.69) is 0 Å². The fourth-order valence-corrected chi connectivity index (χ4v) is 2.06. The molecule has 0 saturated carbocycles. The van der Waals surface area contributed by atoms with Crippen molar-refractivity contribution in [1.82, 2.24) is 0 Å². The lowest BCUT2D eigenvalue weighted by atomic mass is 9.96. The Morgan fingerprint density at radius 1 is 1.20 bits per heavy atom. The number of rotatable bonds is 4. The molecular weight excluding hydrogens is 255 g/mol. The summed E-state index contributed by atoms with van der Waals surface area (Å²) in [6, 6.07) is 14.8. The Morgan fingerprint density at radius 2 is 1.90 bits per heavy atom. The van der Waals surface area contributed by atoms with Crippen LogP contribution in [0.5, 0.6) is 0 Å². The van der Waals surface area contributed by atoms with Crippen LogP contribution in [-0.4, -0.2) is 11.1 Å². The number of benzene rings is 2. The van der Waals surface area contributed by atoms with E-state index in [9.17, 15) is 9.50 Å². The van der Waals surface area contributed by atoms with Crippen molar-refractivity contribution in [2.45, 2.75) is 18.6 Å². The minimum absolute atomic E-state index is 0.0894. The van der Waals surface area contributed by atoms with E-state index in [1.54, 1.807) is 6.07 Å². The topological polar surface area (TPSA) is 70.0 Å². The molecule has 3 nitrogen and oxygen atoms in total. The predicted octanol–water partition coefficient (Wildman–Crippen LogP) is 2.30. The average molecular weight is 270 g/mol. The zero-order valence-electron chi connectivity index (χ0n) is 10.8. The molecule has 2 aromatic carbocycles. The molecule has 20 heavy (non-hydrogen) atoms. The third-order valence-electron chi connectivity index (χ3n) is 3.17. The quantitative estimate of drug-likeness (QED) is 0.895. The van der Waals surface area contributed by atoms with Crippen molar-refractivity contribution in [2.24, 2.45) is 5.73 Å². The first kappa shape index (κ1) is 14.2. The molecule has 0 spiro atoms. The molecule has 0 bridgehead atoms. The van der Waals surface area contributed by atoms with Crippen LogP contribution in [0.3, 0.4) is 0 Å². The van der Waals surface area contributed by atoms with Gasteiger partial charge in [0.05, 0.1) is 11.7 Å². The van der Waals surface area contributed by atoms with Gasteiger partial charge >= 0.3 is 0 Å². The summed E-state index contributed by atoms with van der Waals surface area (Å²) in [4.78, 5) is 0. The highest BCUT2D eigenvalue weighted by Crippen LogP contribution is 2.21. The Labute approximate surface area is 117 Å². The molecule has 102 valence electrons. The molecule has 0 amide bonds. The van der Waals surface area contributed by atoms with Crippen LogP contribution >= 0.6 is 0 Å². The number of nitrogens with two attached hydrogens (primary N) is 1. The third-order valence-corrected chi connectivity index (χ3v) is 3.17. The Morgan fingerprint density at radius 3 is 2.55 bits per heavy atom. The summed E-state index contributed by atoms with van der Waals surface area (Å²) in [5, 5.41) is 19.0. The van der Waals surface area contributed by atoms with Gasteiger partial charge in [0.25, 0.3) is 0 Å². The fourth-order valence-electron chi connectivity index (χ4n) is 2.06. The van der Waals surface area contributed by atoms with Gasteiger partial charge < -0.3 is 10.8 Å². The lowest BCUT2D eigenvalue weighted by Crippen LogP contribution is -2.30. The monoisotopic (exact) mass is 270 g/mol. The van der Waals surface area contributed by atoms with Crippen LogP contribution in [0.25, 0.3) is 0 Å². The first-order valence-corrected chi connectivity index (χ1v) is 6.29. The van der Waals surface area contributed by atoms with E-state index < -0.39 is 18.0 Å². The summed E-state index contributed by atoms with van der Waals surface area (Å²) >= 11 is 0. The van der Waals surface area contributed by atoms with Crippen LogP contribution in [0.4, 0.5) is 4.39 Å². The summed E-state index contributed by atoms with van der Waals surface area (Å²) in [5.41, 5.74) is 7.36. The van der Waals surface area contributed by atoms with Crippen molar-refractivity contribution in [3.05, 3.63) is 71.0 Å². The van der Waals surface area contributed by atoms with E-state index in [0.717, 1.165) is 5.56 Å². The lowest BCUT2D eigenvalue weighted by Gasteiger charge is -2.19. The number of hydrogen-bond donors (Lipinski definition) is 2. The molecule has 0 heterocycles. The van der Waals surface area contributed by atoms with Crippen molar-refractivity contribution in [3.8, 4) is 6.07 Å². The minimum atomic E-state index is -0.942. The Bertz CT molecular complexity index is 622. The van der Waals surface area contributed by atoms with Crippen LogP contribution in [0.15, 0.2) is 48.5 Å². The highest BCUT2D eigenvalue weighted by atomic mass is 19.1. The number of aliphatic hydroxyl groups excluding tert-OH is 1. The molecule has 0 aliphatic carbocycles. The minimum Gasteiger partial charge on any atom is -0.387 e. The average Bonchev–Trinajstić information content (AvgIpc) is 2.48. The van der Waals surface area contributed by atoms with Crippen molar-refractivity contribution in [2.75, 3.05) is 0 Å². The van der Waals surface area contributed by atoms with Gasteiger partial charge in [0.2, 0.25) is 0 Å². The SMILES string of the molecule is N#Cc1cc(C(O)C(N)Cc2ccccc2)ccc1F. The van der Waals surface area contributed by atoms with E-state index in [4.69, 9.17) is 11.0 Å². The van der Waals surface area contributed by atoms with Crippen LogP contribution < -0.4 is 5.73 Å². The maximum absolute atomic E-state index is 13.2. The molecule has 2 atom stereocenters. The van der Waals surface area contributed by atoms with Gasteiger partial charge in [-0.05, 0) is 29.7 Å². The first-order chi connectivity index (χ1) is 9.61. The molecule has 4 heteroatoms. The molecule has 0 aliphatic heterocycles. The lowest BCUT2D eigenvalue weighted by molar-refractivity contribution is 0.146. The molecule has 0 radical (unpaired) electrons. The van der Waals surface area contributed by atoms with Gasteiger partial charge in [-0.1, -0.05) is 36.4 Å². The molecule has 2 unspecified atom stereocenters. The maximum Gasteiger partial charge on any atom is 0.140 e. The largest absolute Gasteiger partial charge is 0.387 e. The van der Waals surface area contributed by atoms with Crippen LogP contribution in [-0.2, 0) is 6.42 Å². The third kappa shape index (κ3) is 3.21. The molecule has 0 aromatic heterocycles. The molecular formula is C16H15FN2O. The van der Waals surface area contributed by atoms with Crippen molar-refractivity contribution < 1.29 is 9.50 Å². The second-order valence-corrected chi connectivity index (χ2v) is 4.65. The summed E-state index contributed by atoms with van der Waals surface area (Å²) in [7, 11) is 0. The smallest absolute Gasteiger partial charge is 0.140 e. The van der Waals surface area contributed by atoms with E-state index in [1.165, 1.54) is 18.2 Å². The zero-order valence-corrected chi connectivity index (χ0v) is 10.8. The highest BCUT2D eigenvalue weighted by Gasteiger charge is 2.18. The maximum atomic E-state index is 13.2. The molecule has 0 aliphatic rings. The van der Waals surface area contributed by atoms with E-state index in [-0.39, 0.29) is 5.56 Å². The molecule has 2 rings (SSSR count). The van der Waals surface area contributed by atoms with E-state index in [1.807, 2.05) is 30.3 Å². The number of hydrogen-bond acceptors (Lipinski definition) is 3. The van der Waals surface area contributed by atoms with Crippen molar-refractivity contribution in [1.29, 1.82) is 5.26 Å². The van der Waals surface area contributed by atoms with Crippen LogP contribution in [0.1, 0.15) is 22.8 Å². The van der Waals surface area contributed by atoms with Gasteiger partial charge in [-0.3, -0.25) is 0 Å². The van der Waals surface area contributed by atoms with Crippen LogP contribution in [0, 0.1) is 17.1 Å². The Hall–Kier alpha value is -2.22. The molecule has 3 N–H and O–H groups in total.